The first kappa shape index (κ1) is 15.5. The van der Waals surface area contributed by atoms with Crippen LogP contribution in [0.4, 0.5) is 4.39 Å². The van der Waals surface area contributed by atoms with Gasteiger partial charge in [-0.25, -0.2) is 4.39 Å². The Balaban J connectivity index is 1.88. The van der Waals surface area contributed by atoms with Crippen molar-refractivity contribution in [2.45, 2.75) is 12.5 Å². The molecular weight excluding hydrogens is 293 g/mol. The third-order valence-electron chi connectivity index (χ3n) is 3.01. The molecule has 1 atom stereocenters. The average Bonchev–Trinajstić information content (AvgIpc) is 2.45. The number of carbonyl (C=O) groups is 1. The van der Waals surface area contributed by atoms with Gasteiger partial charge in [0, 0.05) is 17.1 Å². The van der Waals surface area contributed by atoms with Crippen LogP contribution in [0.1, 0.15) is 17.2 Å². The number of hydrogen-bond acceptors (Lipinski definition) is 2. The molecular formula is C16H15ClFNO2. The maximum atomic E-state index is 13.5. The van der Waals surface area contributed by atoms with Crippen LogP contribution in [-0.4, -0.2) is 17.6 Å². The van der Waals surface area contributed by atoms with Crippen molar-refractivity contribution in [1.82, 2.24) is 5.32 Å². The highest BCUT2D eigenvalue weighted by Gasteiger charge is 2.13. The van der Waals surface area contributed by atoms with E-state index in [4.69, 9.17) is 11.6 Å². The highest BCUT2D eigenvalue weighted by molar-refractivity contribution is 6.30. The summed E-state index contributed by atoms with van der Waals surface area (Å²) >= 11 is 5.84. The topological polar surface area (TPSA) is 49.3 Å². The number of aliphatic hydroxyl groups is 1. The van der Waals surface area contributed by atoms with Crippen LogP contribution >= 0.6 is 11.6 Å². The van der Waals surface area contributed by atoms with Gasteiger partial charge in [0.1, 0.15) is 5.82 Å². The Labute approximate surface area is 127 Å². The van der Waals surface area contributed by atoms with E-state index in [-0.39, 0.29) is 24.4 Å². The fourth-order valence-corrected chi connectivity index (χ4v) is 2.17. The molecule has 0 heterocycles. The van der Waals surface area contributed by atoms with Gasteiger partial charge in [-0.15, -0.1) is 0 Å². The number of carbonyl (C=O) groups excluding carboxylic acids is 1. The first-order valence-corrected chi connectivity index (χ1v) is 6.87. The number of amides is 1. The highest BCUT2D eigenvalue weighted by atomic mass is 35.5. The van der Waals surface area contributed by atoms with Crippen molar-refractivity contribution in [3.05, 3.63) is 70.5 Å². The molecule has 5 heteroatoms. The molecule has 0 aliphatic heterocycles. The first-order valence-electron chi connectivity index (χ1n) is 6.50. The Bertz CT molecular complexity index is 633. The Hall–Kier alpha value is -1.91. The molecule has 2 aromatic rings. The average molecular weight is 308 g/mol. The second-order valence-corrected chi connectivity index (χ2v) is 5.08. The minimum absolute atomic E-state index is 0.0413. The van der Waals surface area contributed by atoms with E-state index < -0.39 is 11.9 Å². The van der Waals surface area contributed by atoms with Crippen molar-refractivity contribution in [2.24, 2.45) is 0 Å². The van der Waals surface area contributed by atoms with Crippen molar-refractivity contribution in [2.75, 3.05) is 6.54 Å². The Morgan fingerprint density at radius 1 is 1.24 bits per heavy atom. The van der Waals surface area contributed by atoms with Crippen molar-refractivity contribution < 1.29 is 14.3 Å². The standard InChI is InChI=1S/C16H15ClFNO2/c17-12-5-3-4-11(8-12)9-16(21)19-10-15(20)13-6-1-2-7-14(13)18/h1-8,15,20H,9-10H2,(H,19,21)/t15-/m1/s1. The molecule has 1 amide bonds. The lowest BCUT2D eigenvalue weighted by Crippen LogP contribution is -2.29. The Morgan fingerprint density at radius 2 is 2.00 bits per heavy atom. The fraction of sp³-hybridized carbons (Fsp3) is 0.188. The zero-order chi connectivity index (χ0) is 15.2. The van der Waals surface area contributed by atoms with E-state index in [1.54, 1.807) is 36.4 Å². The van der Waals surface area contributed by atoms with E-state index in [0.29, 0.717) is 5.02 Å². The van der Waals surface area contributed by atoms with Crippen molar-refractivity contribution in [3.63, 3.8) is 0 Å². The minimum Gasteiger partial charge on any atom is -0.386 e. The molecule has 0 aromatic heterocycles. The summed E-state index contributed by atoms with van der Waals surface area (Å²) in [5, 5.41) is 13.0. The molecule has 0 aliphatic carbocycles. The molecule has 0 aliphatic rings. The second kappa shape index (κ2) is 7.20. The highest BCUT2D eigenvalue weighted by Crippen LogP contribution is 2.16. The molecule has 21 heavy (non-hydrogen) atoms. The summed E-state index contributed by atoms with van der Waals surface area (Å²) in [6, 6.07) is 12.9. The number of halogens is 2. The summed E-state index contributed by atoms with van der Waals surface area (Å²) in [7, 11) is 0. The normalized spacial score (nSPS) is 12.0. The summed E-state index contributed by atoms with van der Waals surface area (Å²) in [4.78, 5) is 11.8. The summed E-state index contributed by atoms with van der Waals surface area (Å²) in [6.07, 6.45) is -0.917. The molecule has 0 radical (unpaired) electrons. The summed E-state index contributed by atoms with van der Waals surface area (Å²) in [5.74, 6) is -0.748. The van der Waals surface area contributed by atoms with E-state index >= 15 is 0 Å². The first-order chi connectivity index (χ1) is 10.1. The molecule has 110 valence electrons. The van der Waals surface area contributed by atoms with Gasteiger partial charge < -0.3 is 10.4 Å². The molecule has 2 rings (SSSR count). The lowest BCUT2D eigenvalue weighted by molar-refractivity contribution is -0.120. The van der Waals surface area contributed by atoms with Crippen LogP contribution in [0.15, 0.2) is 48.5 Å². The van der Waals surface area contributed by atoms with Gasteiger partial charge in [-0.2, -0.15) is 0 Å². The maximum absolute atomic E-state index is 13.5. The Kier molecular flexibility index (Phi) is 5.31. The number of hydrogen-bond donors (Lipinski definition) is 2. The molecule has 0 bridgehead atoms. The summed E-state index contributed by atoms with van der Waals surface area (Å²) < 4.78 is 13.5. The molecule has 3 nitrogen and oxygen atoms in total. The van der Waals surface area contributed by atoms with E-state index in [9.17, 15) is 14.3 Å². The van der Waals surface area contributed by atoms with Crippen LogP contribution in [0.2, 0.25) is 5.02 Å². The molecule has 0 saturated heterocycles. The van der Waals surface area contributed by atoms with E-state index in [1.165, 1.54) is 12.1 Å². The molecule has 0 fully saturated rings. The van der Waals surface area contributed by atoms with Crippen LogP contribution in [0, 0.1) is 5.82 Å². The maximum Gasteiger partial charge on any atom is 0.224 e. The van der Waals surface area contributed by atoms with Gasteiger partial charge in [0.15, 0.2) is 0 Å². The van der Waals surface area contributed by atoms with Gasteiger partial charge in [0.05, 0.1) is 12.5 Å². The van der Waals surface area contributed by atoms with Crippen molar-refractivity contribution in [1.29, 1.82) is 0 Å². The zero-order valence-corrected chi connectivity index (χ0v) is 12.0. The third-order valence-corrected chi connectivity index (χ3v) is 3.25. The van der Waals surface area contributed by atoms with Gasteiger partial charge in [-0.3, -0.25) is 4.79 Å². The molecule has 0 spiro atoms. The third kappa shape index (κ3) is 4.55. The lowest BCUT2D eigenvalue weighted by atomic mass is 10.1. The number of aliphatic hydroxyl groups excluding tert-OH is 1. The monoisotopic (exact) mass is 307 g/mol. The molecule has 0 saturated carbocycles. The smallest absolute Gasteiger partial charge is 0.224 e. The van der Waals surface area contributed by atoms with Gasteiger partial charge >= 0.3 is 0 Å². The predicted molar refractivity (Wildman–Crippen MR) is 79.5 cm³/mol. The van der Waals surface area contributed by atoms with E-state index in [1.807, 2.05) is 0 Å². The molecule has 0 unspecified atom stereocenters. The van der Waals surface area contributed by atoms with Gasteiger partial charge in [0.2, 0.25) is 5.91 Å². The SMILES string of the molecule is O=C(Cc1cccc(Cl)c1)NC[C@@H](O)c1ccccc1F. The van der Waals surface area contributed by atoms with Gasteiger partial charge in [-0.1, -0.05) is 41.9 Å². The van der Waals surface area contributed by atoms with Crippen LogP contribution < -0.4 is 5.32 Å². The second-order valence-electron chi connectivity index (χ2n) is 4.65. The quantitative estimate of drug-likeness (QED) is 0.892. The number of nitrogens with one attached hydrogen (secondary N) is 1. The minimum atomic E-state index is -1.07. The largest absolute Gasteiger partial charge is 0.386 e. The van der Waals surface area contributed by atoms with Crippen molar-refractivity contribution >= 4 is 17.5 Å². The van der Waals surface area contributed by atoms with E-state index in [2.05, 4.69) is 5.32 Å². The lowest BCUT2D eigenvalue weighted by Gasteiger charge is -2.13. The van der Waals surface area contributed by atoms with E-state index in [0.717, 1.165) is 5.56 Å². The Morgan fingerprint density at radius 3 is 2.71 bits per heavy atom. The fourth-order valence-electron chi connectivity index (χ4n) is 1.96. The van der Waals surface area contributed by atoms with Crippen LogP contribution in [0.5, 0.6) is 0 Å². The number of benzene rings is 2. The van der Waals surface area contributed by atoms with Crippen LogP contribution in [-0.2, 0) is 11.2 Å². The number of rotatable bonds is 5. The van der Waals surface area contributed by atoms with Crippen molar-refractivity contribution in [3.8, 4) is 0 Å². The predicted octanol–water partition coefficient (Wildman–Crippen LogP) is 2.87. The molecule has 2 aromatic carbocycles. The van der Waals surface area contributed by atoms with Gasteiger partial charge in [0.25, 0.3) is 0 Å². The van der Waals surface area contributed by atoms with Gasteiger partial charge in [-0.05, 0) is 23.8 Å². The van der Waals surface area contributed by atoms with Crippen LogP contribution in [0.3, 0.4) is 0 Å². The zero-order valence-electron chi connectivity index (χ0n) is 11.2. The molecule has 2 N–H and O–H groups in total. The van der Waals surface area contributed by atoms with Crippen LogP contribution in [0.25, 0.3) is 0 Å². The summed E-state index contributed by atoms with van der Waals surface area (Å²) in [6.45, 7) is -0.0413. The summed E-state index contributed by atoms with van der Waals surface area (Å²) in [5.41, 5.74) is 0.945.